The van der Waals surface area contributed by atoms with Gasteiger partial charge in [-0.05, 0) is 25.1 Å². The number of rotatable bonds is 2. The molecule has 2 N–H and O–H groups in total. The van der Waals surface area contributed by atoms with Crippen molar-refractivity contribution >= 4 is 11.0 Å². The molecule has 1 aromatic carbocycles. The molecule has 5 nitrogen and oxygen atoms in total. The van der Waals surface area contributed by atoms with E-state index in [4.69, 9.17) is 5.73 Å². The Morgan fingerprint density at radius 1 is 1.21 bits per heavy atom. The molecule has 3 rings (SSSR count). The molecular weight excluding hydrogens is 238 g/mol. The van der Waals surface area contributed by atoms with Crippen LogP contribution in [0.25, 0.3) is 22.3 Å². The number of aryl methyl sites for hydroxylation is 2. The van der Waals surface area contributed by atoms with Gasteiger partial charge in [-0.15, -0.1) is 0 Å². The highest BCUT2D eigenvalue weighted by atomic mass is 15.0. The summed E-state index contributed by atoms with van der Waals surface area (Å²) in [4.78, 5) is 13.1. The highest BCUT2D eigenvalue weighted by Crippen LogP contribution is 2.22. The SMILES string of the molecule is Cc1nc2cc(-c3ccnc(CN)n3)ccc2n1C. The molecule has 0 radical (unpaired) electrons. The third-order valence-electron chi connectivity index (χ3n) is 3.29. The first-order valence-electron chi connectivity index (χ1n) is 6.14. The summed E-state index contributed by atoms with van der Waals surface area (Å²) in [5.74, 6) is 1.65. The number of nitrogens with zero attached hydrogens (tertiary/aromatic N) is 4. The molecule has 0 aliphatic carbocycles. The van der Waals surface area contributed by atoms with Gasteiger partial charge in [-0.1, -0.05) is 6.07 Å². The number of aromatic nitrogens is 4. The van der Waals surface area contributed by atoms with Crippen LogP contribution in [0.5, 0.6) is 0 Å². The van der Waals surface area contributed by atoms with E-state index in [0.717, 1.165) is 28.1 Å². The summed E-state index contributed by atoms with van der Waals surface area (Å²) in [6.07, 6.45) is 1.73. The maximum atomic E-state index is 5.57. The third kappa shape index (κ3) is 1.98. The lowest BCUT2D eigenvalue weighted by Crippen LogP contribution is -2.03. The van der Waals surface area contributed by atoms with Gasteiger partial charge in [0.15, 0.2) is 0 Å². The monoisotopic (exact) mass is 253 g/mol. The lowest BCUT2D eigenvalue weighted by molar-refractivity contribution is 0.886. The standard InChI is InChI=1S/C14H15N5/c1-9-17-12-7-10(3-4-13(12)19(9)2)11-5-6-16-14(8-15)18-11/h3-7H,8,15H2,1-2H3. The Labute approximate surface area is 111 Å². The molecule has 0 saturated carbocycles. The number of imidazole rings is 1. The van der Waals surface area contributed by atoms with E-state index < -0.39 is 0 Å². The van der Waals surface area contributed by atoms with E-state index in [9.17, 15) is 0 Å². The number of hydrogen-bond acceptors (Lipinski definition) is 4. The number of nitrogens with two attached hydrogens (primary N) is 1. The zero-order chi connectivity index (χ0) is 13.4. The third-order valence-corrected chi connectivity index (χ3v) is 3.29. The van der Waals surface area contributed by atoms with Gasteiger partial charge in [0, 0.05) is 18.8 Å². The van der Waals surface area contributed by atoms with Crippen LogP contribution in [0, 0.1) is 6.92 Å². The molecule has 0 spiro atoms. The molecule has 0 fully saturated rings. The molecule has 0 amide bonds. The highest BCUT2D eigenvalue weighted by molar-refractivity contribution is 5.81. The van der Waals surface area contributed by atoms with Gasteiger partial charge in [-0.3, -0.25) is 0 Å². The van der Waals surface area contributed by atoms with E-state index in [1.807, 2.05) is 32.2 Å². The second-order valence-electron chi connectivity index (χ2n) is 4.48. The topological polar surface area (TPSA) is 69.6 Å². The molecule has 2 aromatic heterocycles. The minimum absolute atomic E-state index is 0.346. The van der Waals surface area contributed by atoms with Gasteiger partial charge >= 0.3 is 0 Å². The van der Waals surface area contributed by atoms with E-state index in [2.05, 4.69) is 25.6 Å². The van der Waals surface area contributed by atoms with Crippen LogP contribution in [0.1, 0.15) is 11.6 Å². The fraction of sp³-hybridized carbons (Fsp3) is 0.214. The van der Waals surface area contributed by atoms with Crippen LogP contribution < -0.4 is 5.73 Å². The second-order valence-corrected chi connectivity index (χ2v) is 4.48. The maximum Gasteiger partial charge on any atom is 0.142 e. The molecule has 0 bridgehead atoms. The highest BCUT2D eigenvalue weighted by Gasteiger charge is 2.07. The van der Waals surface area contributed by atoms with Crippen LogP contribution >= 0.6 is 0 Å². The van der Waals surface area contributed by atoms with Crippen LogP contribution in [-0.2, 0) is 13.6 Å². The van der Waals surface area contributed by atoms with E-state index >= 15 is 0 Å². The van der Waals surface area contributed by atoms with Crippen molar-refractivity contribution in [3.8, 4) is 11.3 Å². The summed E-state index contributed by atoms with van der Waals surface area (Å²) in [5.41, 5.74) is 9.57. The summed E-state index contributed by atoms with van der Waals surface area (Å²) in [5, 5.41) is 0. The van der Waals surface area contributed by atoms with Crippen LogP contribution in [0.15, 0.2) is 30.5 Å². The number of benzene rings is 1. The minimum atomic E-state index is 0.346. The van der Waals surface area contributed by atoms with E-state index in [1.165, 1.54) is 0 Å². The largest absolute Gasteiger partial charge is 0.331 e. The van der Waals surface area contributed by atoms with E-state index in [0.29, 0.717) is 12.4 Å². The smallest absolute Gasteiger partial charge is 0.142 e. The normalized spacial score (nSPS) is 11.1. The second kappa shape index (κ2) is 4.44. The van der Waals surface area contributed by atoms with Gasteiger partial charge in [0.2, 0.25) is 0 Å². The van der Waals surface area contributed by atoms with Crippen molar-refractivity contribution in [2.45, 2.75) is 13.5 Å². The van der Waals surface area contributed by atoms with Gasteiger partial charge < -0.3 is 10.3 Å². The van der Waals surface area contributed by atoms with E-state index in [1.54, 1.807) is 6.20 Å². The Morgan fingerprint density at radius 2 is 2.05 bits per heavy atom. The first-order valence-corrected chi connectivity index (χ1v) is 6.14. The van der Waals surface area contributed by atoms with Gasteiger partial charge in [0.05, 0.1) is 23.3 Å². The van der Waals surface area contributed by atoms with Crippen LogP contribution in [0.2, 0.25) is 0 Å². The quantitative estimate of drug-likeness (QED) is 0.756. The van der Waals surface area contributed by atoms with E-state index in [-0.39, 0.29) is 0 Å². The summed E-state index contributed by atoms with van der Waals surface area (Å²) < 4.78 is 2.07. The molecule has 19 heavy (non-hydrogen) atoms. The van der Waals surface area contributed by atoms with Crippen molar-refractivity contribution in [3.05, 3.63) is 42.1 Å². The summed E-state index contributed by atoms with van der Waals surface area (Å²) in [7, 11) is 2.02. The first-order chi connectivity index (χ1) is 9.19. The van der Waals surface area contributed by atoms with Crippen LogP contribution in [-0.4, -0.2) is 19.5 Å². The Bertz CT molecular complexity index is 745. The first kappa shape index (κ1) is 11.8. The molecule has 96 valence electrons. The molecule has 0 saturated heterocycles. The van der Waals surface area contributed by atoms with Gasteiger partial charge in [-0.25, -0.2) is 15.0 Å². The predicted octanol–water partition coefficient (Wildman–Crippen LogP) is 1.80. The van der Waals surface area contributed by atoms with Gasteiger partial charge in [0.25, 0.3) is 0 Å². The number of fused-ring (bicyclic) bond motifs is 1. The Kier molecular flexibility index (Phi) is 2.76. The van der Waals surface area contributed by atoms with Crippen LogP contribution in [0.4, 0.5) is 0 Å². The molecule has 5 heteroatoms. The average Bonchev–Trinajstić information content (AvgIpc) is 2.73. The van der Waals surface area contributed by atoms with Crippen molar-refractivity contribution in [2.24, 2.45) is 12.8 Å². The molecule has 0 aliphatic rings. The van der Waals surface area contributed by atoms with Crippen molar-refractivity contribution in [1.29, 1.82) is 0 Å². The fourth-order valence-electron chi connectivity index (χ4n) is 2.14. The summed E-state index contributed by atoms with van der Waals surface area (Å²) >= 11 is 0. The molecule has 2 heterocycles. The van der Waals surface area contributed by atoms with Gasteiger partial charge in [-0.2, -0.15) is 0 Å². The number of hydrogen-bond donors (Lipinski definition) is 1. The molecule has 0 atom stereocenters. The van der Waals surface area contributed by atoms with Crippen molar-refractivity contribution in [2.75, 3.05) is 0 Å². The van der Waals surface area contributed by atoms with Crippen molar-refractivity contribution in [3.63, 3.8) is 0 Å². The fourth-order valence-corrected chi connectivity index (χ4v) is 2.14. The van der Waals surface area contributed by atoms with Crippen molar-refractivity contribution in [1.82, 2.24) is 19.5 Å². The van der Waals surface area contributed by atoms with Crippen LogP contribution in [0.3, 0.4) is 0 Å². The molecular formula is C14H15N5. The zero-order valence-corrected chi connectivity index (χ0v) is 11.0. The zero-order valence-electron chi connectivity index (χ0n) is 11.0. The summed E-state index contributed by atoms with van der Waals surface area (Å²) in [6, 6.07) is 8.04. The predicted molar refractivity (Wildman–Crippen MR) is 74.4 cm³/mol. The lowest BCUT2D eigenvalue weighted by Gasteiger charge is -2.03. The molecule has 3 aromatic rings. The molecule has 0 aliphatic heterocycles. The van der Waals surface area contributed by atoms with Crippen molar-refractivity contribution < 1.29 is 0 Å². The molecule has 0 unspecified atom stereocenters. The average molecular weight is 253 g/mol. The minimum Gasteiger partial charge on any atom is -0.331 e. The Hall–Kier alpha value is -2.27. The maximum absolute atomic E-state index is 5.57. The lowest BCUT2D eigenvalue weighted by atomic mass is 10.1. The Morgan fingerprint density at radius 3 is 2.84 bits per heavy atom. The summed E-state index contributed by atoms with van der Waals surface area (Å²) in [6.45, 7) is 2.34. The van der Waals surface area contributed by atoms with Gasteiger partial charge in [0.1, 0.15) is 11.6 Å². The Balaban J connectivity index is 2.14.